The molecule has 0 saturated heterocycles. The first kappa shape index (κ1) is 11.8. The SMILES string of the molecule is Cc1ccc(Nc2ccc(N)cc2C)c(Cl)c1. The van der Waals surface area contributed by atoms with E-state index in [1.807, 2.05) is 50.2 Å². The minimum Gasteiger partial charge on any atom is -0.399 e. The molecule has 0 aliphatic rings. The summed E-state index contributed by atoms with van der Waals surface area (Å²) < 4.78 is 0. The lowest BCUT2D eigenvalue weighted by Gasteiger charge is -2.12. The van der Waals surface area contributed by atoms with Crippen molar-refractivity contribution >= 4 is 28.7 Å². The molecule has 2 nitrogen and oxygen atoms in total. The fraction of sp³-hybridized carbons (Fsp3) is 0.143. The number of nitrogens with two attached hydrogens (primary N) is 1. The van der Waals surface area contributed by atoms with Crippen LogP contribution in [0, 0.1) is 13.8 Å². The second-order valence-corrected chi connectivity index (χ2v) is 4.59. The van der Waals surface area contributed by atoms with Crippen LogP contribution >= 0.6 is 11.6 Å². The van der Waals surface area contributed by atoms with Crippen LogP contribution in [0.4, 0.5) is 17.1 Å². The Morgan fingerprint density at radius 3 is 2.35 bits per heavy atom. The Kier molecular flexibility index (Phi) is 3.25. The van der Waals surface area contributed by atoms with Crippen LogP contribution in [0.2, 0.25) is 5.02 Å². The van der Waals surface area contributed by atoms with Gasteiger partial charge in [-0.1, -0.05) is 17.7 Å². The van der Waals surface area contributed by atoms with Gasteiger partial charge in [0.2, 0.25) is 0 Å². The second kappa shape index (κ2) is 4.68. The number of halogens is 1. The van der Waals surface area contributed by atoms with E-state index < -0.39 is 0 Å². The van der Waals surface area contributed by atoms with Crippen LogP contribution in [0.5, 0.6) is 0 Å². The lowest BCUT2D eigenvalue weighted by atomic mass is 10.1. The monoisotopic (exact) mass is 246 g/mol. The maximum atomic E-state index is 6.18. The highest BCUT2D eigenvalue weighted by molar-refractivity contribution is 6.33. The van der Waals surface area contributed by atoms with Gasteiger partial charge in [0.25, 0.3) is 0 Å². The van der Waals surface area contributed by atoms with Crippen LogP contribution < -0.4 is 11.1 Å². The Bertz CT molecular complexity index is 500. The Labute approximate surface area is 106 Å². The van der Waals surface area contributed by atoms with E-state index in [2.05, 4.69) is 5.32 Å². The normalized spacial score (nSPS) is 10.3. The van der Waals surface area contributed by atoms with Gasteiger partial charge in [-0.05, 0) is 55.3 Å². The first-order valence-electron chi connectivity index (χ1n) is 5.45. The van der Waals surface area contributed by atoms with Crippen molar-refractivity contribution < 1.29 is 0 Å². The van der Waals surface area contributed by atoms with E-state index in [9.17, 15) is 0 Å². The minimum absolute atomic E-state index is 0.723. The molecule has 0 unspecified atom stereocenters. The highest BCUT2D eigenvalue weighted by atomic mass is 35.5. The number of nitrogen functional groups attached to an aromatic ring is 1. The minimum atomic E-state index is 0.723. The molecule has 3 N–H and O–H groups in total. The molecule has 0 radical (unpaired) electrons. The van der Waals surface area contributed by atoms with Gasteiger partial charge in [-0.25, -0.2) is 0 Å². The molecule has 0 aromatic heterocycles. The molecule has 0 bridgehead atoms. The smallest absolute Gasteiger partial charge is 0.0643 e. The van der Waals surface area contributed by atoms with Crippen molar-refractivity contribution in [2.45, 2.75) is 13.8 Å². The highest BCUT2D eigenvalue weighted by Crippen LogP contribution is 2.28. The molecule has 17 heavy (non-hydrogen) atoms. The van der Waals surface area contributed by atoms with E-state index in [0.717, 1.165) is 33.2 Å². The Morgan fingerprint density at radius 2 is 1.71 bits per heavy atom. The summed E-state index contributed by atoms with van der Waals surface area (Å²) in [7, 11) is 0. The molecule has 0 saturated carbocycles. The zero-order valence-corrected chi connectivity index (χ0v) is 10.7. The van der Waals surface area contributed by atoms with E-state index in [4.69, 9.17) is 17.3 Å². The maximum Gasteiger partial charge on any atom is 0.0643 e. The fourth-order valence-electron chi connectivity index (χ4n) is 1.69. The predicted octanol–water partition coefficient (Wildman–Crippen LogP) is 4.28. The van der Waals surface area contributed by atoms with Crippen molar-refractivity contribution in [3.63, 3.8) is 0 Å². The first-order chi connectivity index (χ1) is 8.06. The van der Waals surface area contributed by atoms with Gasteiger partial charge in [0.05, 0.1) is 10.7 Å². The first-order valence-corrected chi connectivity index (χ1v) is 5.83. The Morgan fingerprint density at radius 1 is 1.00 bits per heavy atom. The number of rotatable bonds is 2. The molecule has 0 fully saturated rings. The van der Waals surface area contributed by atoms with Gasteiger partial charge in [-0.2, -0.15) is 0 Å². The number of benzene rings is 2. The predicted molar refractivity (Wildman–Crippen MR) is 75.1 cm³/mol. The highest BCUT2D eigenvalue weighted by Gasteiger charge is 2.03. The van der Waals surface area contributed by atoms with Crippen LogP contribution in [-0.4, -0.2) is 0 Å². The molecular weight excluding hydrogens is 232 g/mol. The summed E-state index contributed by atoms with van der Waals surface area (Å²) in [6.45, 7) is 4.03. The van der Waals surface area contributed by atoms with Gasteiger partial charge < -0.3 is 11.1 Å². The van der Waals surface area contributed by atoms with Crippen molar-refractivity contribution in [2.75, 3.05) is 11.1 Å². The molecule has 0 amide bonds. The topological polar surface area (TPSA) is 38.0 Å². The van der Waals surface area contributed by atoms with E-state index in [-0.39, 0.29) is 0 Å². The van der Waals surface area contributed by atoms with Crippen LogP contribution in [0.3, 0.4) is 0 Å². The molecule has 2 aromatic carbocycles. The zero-order chi connectivity index (χ0) is 12.4. The van der Waals surface area contributed by atoms with Gasteiger partial charge in [0.15, 0.2) is 0 Å². The molecule has 0 atom stereocenters. The summed E-state index contributed by atoms with van der Waals surface area (Å²) in [6, 6.07) is 11.7. The third-order valence-corrected chi connectivity index (χ3v) is 2.96. The average molecular weight is 247 g/mol. The maximum absolute atomic E-state index is 6.18. The standard InChI is InChI=1S/C14H15ClN2/c1-9-3-5-14(12(15)7-9)17-13-6-4-11(16)8-10(13)2/h3-8,17H,16H2,1-2H3. The molecular formula is C14H15ClN2. The van der Waals surface area contributed by atoms with Gasteiger partial charge in [-0.3, -0.25) is 0 Å². The van der Waals surface area contributed by atoms with Gasteiger partial charge in [-0.15, -0.1) is 0 Å². The molecule has 2 rings (SSSR count). The largest absolute Gasteiger partial charge is 0.399 e. The molecule has 2 aromatic rings. The Balaban J connectivity index is 2.31. The number of hydrogen-bond donors (Lipinski definition) is 2. The van der Waals surface area contributed by atoms with Gasteiger partial charge in [0.1, 0.15) is 0 Å². The summed E-state index contributed by atoms with van der Waals surface area (Å²) >= 11 is 6.18. The third kappa shape index (κ3) is 2.71. The third-order valence-electron chi connectivity index (χ3n) is 2.64. The van der Waals surface area contributed by atoms with E-state index in [0.29, 0.717) is 0 Å². The molecule has 88 valence electrons. The quantitative estimate of drug-likeness (QED) is 0.776. The summed E-state index contributed by atoms with van der Waals surface area (Å²) in [5.41, 5.74) is 10.7. The summed E-state index contributed by atoms with van der Waals surface area (Å²) in [5.74, 6) is 0. The van der Waals surface area contributed by atoms with Crippen molar-refractivity contribution in [1.82, 2.24) is 0 Å². The molecule has 0 spiro atoms. The summed E-state index contributed by atoms with van der Waals surface area (Å²) in [6.07, 6.45) is 0. The molecule has 0 aliphatic heterocycles. The number of hydrogen-bond acceptors (Lipinski definition) is 2. The molecule has 0 aliphatic carbocycles. The Hall–Kier alpha value is -1.67. The zero-order valence-electron chi connectivity index (χ0n) is 9.92. The van der Waals surface area contributed by atoms with Crippen molar-refractivity contribution in [1.29, 1.82) is 0 Å². The van der Waals surface area contributed by atoms with Gasteiger partial charge in [0, 0.05) is 11.4 Å². The molecule has 0 heterocycles. The van der Waals surface area contributed by atoms with Crippen molar-refractivity contribution in [2.24, 2.45) is 0 Å². The van der Waals surface area contributed by atoms with Crippen molar-refractivity contribution in [3.8, 4) is 0 Å². The van der Waals surface area contributed by atoms with Crippen LogP contribution in [0.15, 0.2) is 36.4 Å². The fourth-order valence-corrected chi connectivity index (χ4v) is 1.98. The lowest BCUT2D eigenvalue weighted by molar-refractivity contribution is 1.41. The summed E-state index contributed by atoms with van der Waals surface area (Å²) in [4.78, 5) is 0. The van der Waals surface area contributed by atoms with E-state index >= 15 is 0 Å². The average Bonchev–Trinajstić information content (AvgIpc) is 2.25. The van der Waals surface area contributed by atoms with Crippen LogP contribution in [-0.2, 0) is 0 Å². The van der Waals surface area contributed by atoms with E-state index in [1.165, 1.54) is 0 Å². The van der Waals surface area contributed by atoms with Crippen LogP contribution in [0.1, 0.15) is 11.1 Å². The number of anilines is 3. The molecule has 3 heteroatoms. The van der Waals surface area contributed by atoms with Gasteiger partial charge >= 0.3 is 0 Å². The summed E-state index contributed by atoms with van der Waals surface area (Å²) in [5, 5.41) is 4.03. The van der Waals surface area contributed by atoms with E-state index in [1.54, 1.807) is 0 Å². The number of aryl methyl sites for hydroxylation is 2. The van der Waals surface area contributed by atoms with Crippen LogP contribution in [0.25, 0.3) is 0 Å². The second-order valence-electron chi connectivity index (χ2n) is 4.18. The lowest BCUT2D eigenvalue weighted by Crippen LogP contribution is -1.95. The van der Waals surface area contributed by atoms with Crippen molar-refractivity contribution in [3.05, 3.63) is 52.5 Å². The number of nitrogens with one attached hydrogen (secondary N) is 1.